The Morgan fingerprint density at radius 3 is 2.79 bits per heavy atom. The summed E-state index contributed by atoms with van der Waals surface area (Å²) >= 11 is 0. The Kier molecular flexibility index (Phi) is 3.99. The van der Waals surface area contributed by atoms with E-state index in [9.17, 15) is 0 Å². The zero-order valence-corrected chi connectivity index (χ0v) is 11.0. The van der Waals surface area contributed by atoms with Crippen LogP contribution in [0.25, 0.3) is 0 Å². The van der Waals surface area contributed by atoms with Gasteiger partial charge in [-0.1, -0.05) is 12.1 Å². The largest absolute Gasteiger partial charge is 0.481 e. The van der Waals surface area contributed by atoms with E-state index < -0.39 is 0 Å². The molecule has 0 aliphatic rings. The quantitative estimate of drug-likeness (QED) is 0.910. The number of nitrogens with one attached hydrogen (secondary N) is 1. The van der Waals surface area contributed by atoms with E-state index in [2.05, 4.69) is 16.4 Å². The summed E-state index contributed by atoms with van der Waals surface area (Å²) in [6.07, 6.45) is 1.77. The Morgan fingerprint density at radius 1 is 1.32 bits per heavy atom. The molecule has 0 spiro atoms. The smallest absolute Gasteiger partial charge is 0.212 e. The zero-order chi connectivity index (χ0) is 13.7. The normalized spacial score (nSPS) is 9.74. The molecule has 4 heteroatoms. The van der Waals surface area contributed by atoms with Gasteiger partial charge in [-0.3, -0.25) is 0 Å². The van der Waals surface area contributed by atoms with Crippen LogP contribution in [0, 0.1) is 18.3 Å². The number of hydrogen-bond acceptors (Lipinski definition) is 4. The highest BCUT2D eigenvalue weighted by Crippen LogP contribution is 2.17. The van der Waals surface area contributed by atoms with Crippen molar-refractivity contribution in [3.05, 3.63) is 53.2 Å². The second kappa shape index (κ2) is 5.87. The van der Waals surface area contributed by atoms with Gasteiger partial charge in [0.05, 0.1) is 18.7 Å². The third-order valence-corrected chi connectivity index (χ3v) is 2.86. The molecule has 2 rings (SSSR count). The first-order chi connectivity index (χ1) is 9.22. The van der Waals surface area contributed by atoms with Gasteiger partial charge >= 0.3 is 0 Å². The predicted molar refractivity (Wildman–Crippen MR) is 74.0 cm³/mol. The van der Waals surface area contributed by atoms with Gasteiger partial charge in [-0.05, 0) is 30.2 Å². The number of ether oxygens (including phenoxy) is 1. The highest BCUT2D eigenvalue weighted by molar-refractivity contribution is 5.55. The molecule has 0 saturated carbocycles. The molecule has 2 aromatic rings. The van der Waals surface area contributed by atoms with E-state index in [1.54, 1.807) is 13.3 Å². The molecular formula is C15H15N3O. The van der Waals surface area contributed by atoms with Crippen molar-refractivity contribution in [1.82, 2.24) is 4.98 Å². The number of methoxy groups -OCH3 is 1. The van der Waals surface area contributed by atoms with Crippen LogP contribution in [0.1, 0.15) is 16.7 Å². The van der Waals surface area contributed by atoms with Gasteiger partial charge in [-0.25, -0.2) is 4.98 Å². The highest BCUT2D eigenvalue weighted by Gasteiger charge is 2.01. The third kappa shape index (κ3) is 3.23. The maximum absolute atomic E-state index is 8.89. The van der Waals surface area contributed by atoms with Crippen molar-refractivity contribution in [2.75, 3.05) is 12.4 Å². The number of aryl methyl sites for hydroxylation is 1. The van der Waals surface area contributed by atoms with Crippen LogP contribution in [-0.4, -0.2) is 12.1 Å². The summed E-state index contributed by atoms with van der Waals surface area (Å²) in [5, 5.41) is 12.2. The van der Waals surface area contributed by atoms with Gasteiger partial charge in [-0.2, -0.15) is 5.26 Å². The van der Waals surface area contributed by atoms with Crippen molar-refractivity contribution in [3.8, 4) is 11.9 Å². The van der Waals surface area contributed by atoms with Gasteiger partial charge in [-0.15, -0.1) is 0 Å². The van der Waals surface area contributed by atoms with Gasteiger partial charge in [0.2, 0.25) is 5.88 Å². The summed E-state index contributed by atoms with van der Waals surface area (Å²) in [5.41, 5.74) is 3.79. The van der Waals surface area contributed by atoms with Crippen LogP contribution in [0.4, 0.5) is 5.69 Å². The van der Waals surface area contributed by atoms with Crippen molar-refractivity contribution in [1.29, 1.82) is 5.26 Å². The first-order valence-corrected chi connectivity index (χ1v) is 5.96. The number of hydrogen-bond donors (Lipinski definition) is 1. The summed E-state index contributed by atoms with van der Waals surface area (Å²) in [6, 6.07) is 11.5. The Bertz CT molecular complexity index is 600. The summed E-state index contributed by atoms with van der Waals surface area (Å²) in [5.74, 6) is 0.603. The lowest BCUT2D eigenvalue weighted by Gasteiger charge is -2.10. The molecule has 0 unspecified atom stereocenters. The fraction of sp³-hybridized carbons (Fsp3) is 0.200. The number of rotatable bonds is 4. The fourth-order valence-electron chi connectivity index (χ4n) is 1.72. The molecule has 0 radical (unpaired) electrons. The summed E-state index contributed by atoms with van der Waals surface area (Å²) in [4.78, 5) is 4.15. The Hall–Kier alpha value is -2.54. The lowest BCUT2D eigenvalue weighted by molar-refractivity contribution is 0.397. The maximum atomic E-state index is 8.89. The lowest BCUT2D eigenvalue weighted by atomic mass is 10.1. The van der Waals surface area contributed by atoms with Crippen LogP contribution in [0.2, 0.25) is 0 Å². The van der Waals surface area contributed by atoms with Gasteiger partial charge in [0, 0.05) is 24.5 Å². The van der Waals surface area contributed by atoms with E-state index in [4.69, 9.17) is 10.00 Å². The van der Waals surface area contributed by atoms with Crippen LogP contribution >= 0.6 is 0 Å². The predicted octanol–water partition coefficient (Wildman–Crippen LogP) is 2.88. The second-order valence-corrected chi connectivity index (χ2v) is 4.20. The standard InChI is InChI=1S/C15H15N3O/c1-11-3-4-12(8-16)7-14(11)17-9-13-5-6-15(19-2)18-10-13/h3-7,10,17H,9H2,1-2H3. The average molecular weight is 253 g/mol. The molecule has 0 aliphatic carbocycles. The molecule has 1 aromatic carbocycles. The lowest BCUT2D eigenvalue weighted by Crippen LogP contribution is -2.02. The molecule has 0 bridgehead atoms. The van der Waals surface area contributed by atoms with E-state index in [1.807, 2.05) is 37.3 Å². The number of anilines is 1. The number of pyridine rings is 1. The number of aromatic nitrogens is 1. The SMILES string of the molecule is COc1ccc(CNc2cc(C#N)ccc2C)cn1. The summed E-state index contributed by atoms with van der Waals surface area (Å²) < 4.78 is 5.01. The Morgan fingerprint density at radius 2 is 2.16 bits per heavy atom. The molecule has 4 nitrogen and oxygen atoms in total. The first kappa shape index (κ1) is 12.9. The molecule has 1 aromatic heterocycles. The molecule has 19 heavy (non-hydrogen) atoms. The zero-order valence-electron chi connectivity index (χ0n) is 11.0. The second-order valence-electron chi connectivity index (χ2n) is 4.20. The van der Waals surface area contributed by atoms with E-state index in [-0.39, 0.29) is 0 Å². The Balaban J connectivity index is 2.07. The third-order valence-electron chi connectivity index (χ3n) is 2.86. The summed E-state index contributed by atoms with van der Waals surface area (Å²) in [7, 11) is 1.59. The maximum Gasteiger partial charge on any atom is 0.212 e. The highest BCUT2D eigenvalue weighted by atomic mass is 16.5. The molecule has 1 heterocycles. The molecule has 0 fully saturated rings. The van der Waals surface area contributed by atoms with Crippen LogP contribution in [0.3, 0.4) is 0 Å². The summed E-state index contributed by atoms with van der Waals surface area (Å²) in [6.45, 7) is 2.67. The molecular weight excluding hydrogens is 238 g/mol. The van der Waals surface area contributed by atoms with Crippen molar-refractivity contribution in [2.45, 2.75) is 13.5 Å². The Labute approximate surface area is 112 Å². The van der Waals surface area contributed by atoms with Crippen LogP contribution in [0.5, 0.6) is 5.88 Å². The van der Waals surface area contributed by atoms with Gasteiger partial charge in [0.15, 0.2) is 0 Å². The minimum Gasteiger partial charge on any atom is -0.481 e. The van der Waals surface area contributed by atoms with Crippen molar-refractivity contribution >= 4 is 5.69 Å². The van der Waals surface area contributed by atoms with Crippen molar-refractivity contribution in [2.24, 2.45) is 0 Å². The molecule has 96 valence electrons. The minimum absolute atomic E-state index is 0.603. The number of nitriles is 1. The minimum atomic E-state index is 0.603. The van der Waals surface area contributed by atoms with Crippen molar-refractivity contribution < 1.29 is 4.74 Å². The van der Waals surface area contributed by atoms with E-state index in [1.165, 1.54) is 0 Å². The van der Waals surface area contributed by atoms with E-state index in [0.717, 1.165) is 16.8 Å². The van der Waals surface area contributed by atoms with Crippen LogP contribution < -0.4 is 10.1 Å². The van der Waals surface area contributed by atoms with Gasteiger partial charge < -0.3 is 10.1 Å². The monoisotopic (exact) mass is 253 g/mol. The molecule has 0 amide bonds. The van der Waals surface area contributed by atoms with Gasteiger partial charge in [0.25, 0.3) is 0 Å². The van der Waals surface area contributed by atoms with Crippen LogP contribution in [-0.2, 0) is 6.54 Å². The molecule has 1 N–H and O–H groups in total. The molecule has 0 atom stereocenters. The average Bonchev–Trinajstić information content (AvgIpc) is 2.47. The number of nitrogens with zero attached hydrogens (tertiary/aromatic N) is 2. The fourth-order valence-corrected chi connectivity index (χ4v) is 1.72. The number of benzene rings is 1. The van der Waals surface area contributed by atoms with Gasteiger partial charge in [0.1, 0.15) is 0 Å². The van der Waals surface area contributed by atoms with Crippen molar-refractivity contribution in [3.63, 3.8) is 0 Å². The van der Waals surface area contributed by atoms with E-state index >= 15 is 0 Å². The molecule has 0 saturated heterocycles. The van der Waals surface area contributed by atoms with E-state index in [0.29, 0.717) is 18.0 Å². The molecule has 0 aliphatic heterocycles. The topological polar surface area (TPSA) is 57.9 Å². The first-order valence-electron chi connectivity index (χ1n) is 5.96. The van der Waals surface area contributed by atoms with Crippen LogP contribution in [0.15, 0.2) is 36.5 Å².